The molecule has 3 rings (SSSR count). The van der Waals surface area contributed by atoms with Crippen LogP contribution in [0, 0.1) is 11.8 Å². The van der Waals surface area contributed by atoms with E-state index in [0.717, 1.165) is 12.8 Å². The Bertz CT molecular complexity index is 442. The quantitative estimate of drug-likeness (QED) is 0.499. The first-order valence-electron chi connectivity index (χ1n) is 5.90. The molecule has 4 atom stereocenters. The van der Waals surface area contributed by atoms with Crippen molar-refractivity contribution < 1.29 is 14.3 Å². The highest BCUT2D eigenvalue weighted by Gasteiger charge is 2.64. The van der Waals surface area contributed by atoms with E-state index in [-0.39, 0.29) is 29.8 Å². The van der Waals surface area contributed by atoms with E-state index in [1.807, 2.05) is 12.2 Å². The third kappa shape index (κ3) is 1.16. The average Bonchev–Trinajstić information content (AvgIpc) is 2.97. The lowest BCUT2D eigenvalue weighted by Gasteiger charge is -2.27. The van der Waals surface area contributed by atoms with Gasteiger partial charge < -0.3 is 4.74 Å². The van der Waals surface area contributed by atoms with Gasteiger partial charge in [-0.05, 0) is 12.8 Å². The summed E-state index contributed by atoms with van der Waals surface area (Å²) in [7, 11) is 1.55. The number of likely N-dealkylation sites (tertiary alicyclic amines) is 1. The molecule has 90 valence electrons. The van der Waals surface area contributed by atoms with E-state index >= 15 is 0 Å². The van der Waals surface area contributed by atoms with Gasteiger partial charge in [-0.25, -0.2) is 0 Å². The second-order valence-corrected chi connectivity index (χ2v) is 4.95. The van der Waals surface area contributed by atoms with E-state index in [4.69, 9.17) is 4.74 Å². The molecule has 1 spiro atoms. The second kappa shape index (κ2) is 3.29. The highest BCUT2D eigenvalue weighted by Crippen LogP contribution is 2.51. The number of hydrogen-bond acceptors (Lipinski definition) is 3. The zero-order chi connectivity index (χ0) is 12.2. The minimum atomic E-state index is -0.568. The van der Waals surface area contributed by atoms with E-state index in [1.165, 1.54) is 4.90 Å². The van der Waals surface area contributed by atoms with E-state index in [1.54, 1.807) is 13.1 Å². The smallest absolute Gasteiger partial charge is 0.236 e. The molecule has 2 saturated heterocycles. The van der Waals surface area contributed by atoms with Crippen LogP contribution in [-0.4, -0.2) is 35.5 Å². The number of carbonyl (C=O) groups is 2. The molecule has 2 aliphatic heterocycles. The number of amides is 2. The third-order valence-corrected chi connectivity index (χ3v) is 4.14. The van der Waals surface area contributed by atoms with Crippen molar-refractivity contribution in [3.63, 3.8) is 0 Å². The fraction of sp³-hybridized carbons (Fsp3) is 0.538. The third-order valence-electron chi connectivity index (χ3n) is 4.14. The molecular formula is C13H15NO3. The van der Waals surface area contributed by atoms with E-state index in [9.17, 15) is 9.59 Å². The Morgan fingerprint density at radius 2 is 2.29 bits per heavy atom. The molecule has 0 radical (unpaired) electrons. The standard InChI is InChI=1S/C13H15NO3/c1-3-8-9-10(12(16)14(2)11(9)15)13(17-8)6-4-5-7-13/h3-4,6,8-10H,1,5,7H2,2H3/t8-,9+,10-,13-/m1/s1. The van der Waals surface area contributed by atoms with E-state index in [0.29, 0.717) is 0 Å². The molecule has 0 unspecified atom stereocenters. The molecule has 0 aromatic heterocycles. The van der Waals surface area contributed by atoms with Crippen LogP contribution in [0.15, 0.2) is 24.8 Å². The lowest BCUT2D eigenvalue weighted by Crippen LogP contribution is -2.39. The molecule has 17 heavy (non-hydrogen) atoms. The van der Waals surface area contributed by atoms with Gasteiger partial charge in [0.1, 0.15) is 0 Å². The lowest BCUT2D eigenvalue weighted by atomic mass is 9.80. The molecule has 2 amide bonds. The molecule has 0 aromatic rings. The van der Waals surface area contributed by atoms with Gasteiger partial charge in [0.05, 0.1) is 23.5 Å². The maximum absolute atomic E-state index is 12.2. The summed E-state index contributed by atoms with van der Waals surface area (Å²) in [5, 5.41) is 0. The van der Waals surface area contributed by atoms with Gasteiger partial charge in [0.2, 0.25) is 11.8 Å². The van der Waals surface area contributed by atoms with Gasteiger partial charge in [-0.3, -0.25) is 14.5 Å². The van der Waals surface area contributed by atoms with Gasteiger partial charge in [0, 0.05) is 7.05 Å². The van der Waals surface area contributed by atoms with Gasteiger partial charge in [0.15, 0.2) is 0 Å². The second-order valence-electron chi connectivity index (χ2n) is 4.95. The van der Waals surface area contributed by atoms with Gasteiger partial charge in [-0.2, -0.15) is 0 Å². The van der Waals surface area contributed by atoms with Crippen molar-refractivity contribution in [3.05, 3.63) is 24.8 Å². The van der Waals surface area contributed by atoms with Crippen LogP contribution in [-0.2, 0) is 14.3 Å². The summed E-state index contributed by atoms with van der Waals surface area (Å²) in [6.45, 7) is 3.71. The van der Waals surface area contributed by atoms with Crippen molar-refractivity contribution in [2.24, 2.45) is 11.8 Å². The maximum Gasteiger partial charge on any atom is 0.236 e. The zero-order valence-corrected chi connectivity index (χ0v) is 9.76. The minimum absolute atomic E-state index is 0.115. The van der Waals surface area contributed by atoms with Gasteiger partial charge in [0.25, 0.3) is 0 Å². The van der Waals surface area contributed by atoms with Crippen molar-refractivity contribution >= 4 is 11.8 Å². The van der Waals surface area contributed by atoms with E-state index in [2.05, 4.69) is 6.58 Å². The molecule has 4 heteroatoms. The predicted molar refractivity (Wildman–Crippen MR) is 60.9 cm³/mol. The SMILES string of the molecule is C=C[C@H]1O[C@@]2(C=CCC2)[C@H]2C(=O)N(C)C(=O)[C@@H]12. The molecule has 2 heterocycles. The molecule has 0 aromatic carbocycles. The van der Waals surface area contributed by atoms with Crippen LogP contribution in [0.5, 0.6) is 0 Å². The monoisotopic (exact) mass is 233 g/mol. The average molecular weight is 233 g/mol. The van der Waals surface area contributed by atoms with Gasteiger partial charge >= 0.3 is 0 Å². The fourth-order valence-electron chi connectivity index (χ4n) is 3.31. The number of fused-ring (bicyclic) bond motifs is 2. The summed E-state index contributed by atoms with van der Waals surface area (Å²) in [5.41, 5.74) is -0.568. The van der Waals surface area contributed by atoms with Crippen LogP contribution in [0.2, 0.25) is 0 Å². The summed E-state index contributed by atoms with van der Waals surface area (Å²) in [6, 6.07) is 0. The van der Waals surface area contributed by atoms with E-state index < -0.39 is 5.60 Å². The number of ether oxygens (including phenoxy) is 1. The van der Waals surface area contributed by atoms with Crippen LogP contribution in [0.3, 0.4) is 0 Å². The first-order chi connectivity index (χ1) is 8.10. The largest absolute Gasteiger partial charge is 0.362 e. The molecule has 0 saturated carbocycles. The maximum atomic E-state index is 12.2. The number of carbonyl (C=O) groups excluding carboxylic acids is 2. The highest BCUT2D eigenvalue weighted by molar-refractivity contribution is 6.06. The van der Waals surface area contributed by atoms with Crippen molar-refractivity contribution in [2.45, 2.75) is 24.5 Å². The Morgan fingerprint density at radius 1 is 1.53 bits per heavy atom. The molecule has 4 nitrogen and oxygen atoms in total. The number of hydrogen-bond donors (Lipinski definition) is 0. The van der Waals surface area contributed by atoms with Gasteiger partial charge in [-0.1, -0.05) is 18.2 Å². The number of imide groups is 1. The Balaban J connectivity index is 2.08. The summed E-state index contributed by atoms with van der Waals surface area (Å²) >= 11 is 0. The Kier molecular flexibility index (Phi) is 2.08. The first kappa shape index (κ1) is 10.7. The molecular weight excluding hydrogens is 218 g/mol. The highest BCUT2D eigenvalue weighted by atomic mass is 16.5. The van der Waals surface area contributed by atoms with Gasteiger partial charge in [-0.15, -0.1) is 6.58 Å². The fourth-order valence-corrected chi connectivity index (χ4v) is 3.31. The molecule has 3 aliphatic rings. The van der Waals surface area contributed by atoms with Crippen molar-refractivity contribution in [3.8, 4) is 0 Å². The number of nitrogens with zero attached hydrogens (tertiary/aromatic N) is 1. The summed E-state index contributed by atoms with van der Waals surface area (Å²) < 4.78 is 5.94. The van der Waals surface area contributed by atoms with Crippen LogP contribution < -0.4 is 0 Å². The van der Waals surface area contributed by atoms with Crippen molar-refractivity contribution in [1.82, 2.24) is 4.90 Å². The zero-order valence-electron chi connectivity index (χ0n) is 9.76. The molecule has 0 bridgehead atoms. The lowest BCUT2D eigenvalue weighted by molar-refractivity contribution is -0.143. The Hall–Kier alpha value is -1.42. The number of rotatable bonds is 1. The first-order valence-corrected chi connectivity index (χ1v) is 5.90. The summed E-state index contributed by atoms with van der Waals surface area (Å²) in [6.07, 6.45) is 6.97. The Labute approximate surface area is 99.9 Å². The molecule has 2 fully saturated rings. The summed E-state index contributed by atoms with van der Waals surface area (Å²) in [4.78, 5) is 25.5. The summed E-state index contributed by atoms with van der Waals surface area (Å²) in [5.74, 6) is -0.993. The topological polar surface area (TPSA) is 46.6 Å². The van der Waals surface area contributed by atoms with Crippen LogP contribution in [0.4, 0.5) is 0 Å². The normalized spacial score (nSPS) is 43.8. The van der Waals surface area contributed by atoms with Crippen molar-refractivity contribution in [1.29, 1.82) is 0 Å². The molecule has 1 aliphatic carbocycles. The predicted octanol–water partition coefficient (Wildman–Crippen LogP) is 0.891. The molecule has 0 N–H and O–H groups in total. The van der Waals surface area contributed by atoms with Crippen molar-refractivity contribution in [2.75, 3.05) is 7.05 Å². The Morgan fingerprint density at radius 3 is 2.88 bits per heavy atom. The van der Waals surface area contributed by atoms with Crippen LogP contribution in [0.1, 0.15) is 12.8 Å². The number of allylic oxidation sites excluding steroid dienone is 1. The van der Waals surface area contributed by atoms with Crippen LogP contribution >= 0.6 is 0 Å². The van der Waals surface area contributed by atoms with Crippen LogP contribution in [0.25, 0.3) is 0 Å². The minimum Gasteiger partial charge on any atom is -0.362 e.